The van der Waals surface area contributed by atoms with Crippen molar-refractivity contribution in [2.75, 3.05) is 7.11 Å². The number of hydrogen-bond donors (Lipinski definition) is 1. The quantitative estimate of drug-likeness (QED) is 0.494. The van der Waals surface area contributed by atoms with Crippen LogP contribution >= 0.6 is 15.9 Å². The molecular formula is C22H23BrN2O3. The van der Waals surface area contributed by atoms with Gasteiger partial charge in [-0.15, -0.1) is 0 Å². The third-order valence-corrected chi connectivity index (χ3v) is 4.44. The number of amides is 1. The first-order valence-corrected chi connectivity index (χ1v) is 9.62. The van der Waals surface area contributed by atoms with E-state index >= 15 is 0 Å². The van der Waals surface area contributed by atoms with Crippen molar-refractivity contribution in [1.82, 2.24) is 5.32 Å². The van der Waals surface area contributed by atoms with E-state index in [2.05, 4.69) is 21.2 Å². The Labute approximate surface area is 174 Å². The van der Waals surface area contributed by atoms with Gasteiger partial charge in [-0.3, -0.25) is 4.79 Å². The second-order valence-corrected chi connectivity index (χ2v) is 7.46. The number of benzene rings is 2. The zero-order valence-electron chi connectivity index (χ0n) is 16.4. The summed E-state index contributed by atoms with van der Waals surface area (Å²) in [4.78, 5) is 12.1. The first kappa shape index (κ1) is 21.5. The van der Waals surface area contributed by atoms with E-state index in [1.807, 2.05) is 51.1 Å². The normalized spacial score (nSPS) is 11.1. The summed E-state index contributed by atoms with van der Waals surface area (Å²) < 4.78 is 12.1. The number of ether oxygens (including phenoxy) is 2. The number of hydrogen-bond acceptors (Lipinski definition) is 4. The Bertz CT molecular complexity index is 913. The molecule has 0 saturated heterocycles. The summed E-state index contributed by atoms with van der Waals surface area (Å²) in [6.45, 7) is 6.11. The lowest BCUT2D eigenvalue weighted by Gasteiger charge is -2.14. The second kappa shape index (κ2) is 9.95. The number of methoxy groups -OCH3 is 1. The van der Waals surface area contributed by atoms with E-state index in [-0.39, 0.29) is 11.6 Å². The molecule has 6 heteroatoms. The summed E-state index contributed by atoms with van der Waals surface area (Å²) in [5.41, 5.74) is 2.91. The summed E-state index contributed by atoms with van der Waals surface area (Å²) in [6.07, 6.45) is 1.52. The van der Waals surface area contributed by atoms with Gasteiger partial charge in [-0.25, -0.2) is 0 Å². The van der Waals surface area contributed by atoms with Gasteiger partial charge in [0, 0.05) is 6.04 Å². The first-order valence-electron chi connectivity index (χ1n) is 8.82. The highest BCUT2D eigenvalue weighted by Gasteiger charge is 2.14. The maximum Gasteiger partial charge on any atom is 0.262 e. The Morgan fingerprint density at radius 3 is 2.54 bits per heavy atom. The van der Waals surface area contributed by atoms with Crippen molar-refractivity contribution in [3.63, 3.8) is 0 Å². The molecule has 0 spiro atoms. The molecule has 0 saturated carbocycles. The highest BCUT2D eigenvalue weighted by atomic mass is 79.9. The van der Waals surface area contributed by atoms with Gasteiger partial charge in [0.1, 0.15) is 18.2 Å². The standard InChI is InChI=1S/C22H23BrN2O3/c1-14(2)25-22(26)18(12-24)9-17-10-19(23)21(20(11-17)27-4)28-13-16-7-5-15(3)6-8-16/h5-11,14H,13H2,1-4H3,(H,25,26)/b18-9-. The fourth-order valence-corrected chi connectivity index (χ4v) is 3.03. The van der Waals surface area contributed by atoms with Gasteiger partial charge in [0.05, 0.1) is 11.6 Å². The number of nitrogens with one attached hydrogen (secondary N) is 1. The number of nitriles is 1. The predicted octanol–water partition coefficient (Wildman–Crippen LogP) is 4.78. The van der Waals surface area contributed by atoms with Crippen molar-refractivity contribution in [2.45, 2.75) is 33.4 Å². The van der Waals surface area contributed by atoms with Crippen LogP contribution in [0.2, 0.25) is 0 Å². The molecule has 28 heavy (non-hydrogen) atoms. The van der Waals surface area contributed by atoms with Gasteiger partial charge in [-0.1, -0.05) is 29.8 Å². The smallest absolute Gasteiger partial charge is 0.262 e. The number of aryl methyl sites for hydroxylation is 1. The molecule has 0 radical (unpaired) electrons. The Morgan fingerprint density at radius 2 is 1.96 bits per heavy atom. The van der Waals surface area contributed by atoms with E-state index in [0.717, 1.165) is 5.56 Å². The van der Waals surface area contributed by atoms with Crippen LogP contribution in [0, 0.1) is 18.3 Å². The van der Waals surface area contributed by atoms with E-state index in [0.29, 0.717) is 28.1 Å². The molecule has 0 aliphatic heterocycles. The van der Waals surface area contributed by atoms with E-state index < -0.39 is 5.91 Å². The summed E-state index contributed by atoms with van der Waals surface area (Å²) >= 11 is 3.50. The zero-order valence-corrected chi connectivity index (χ0v) is 18.0. The van der Waals surface area contributed by atoms with E-state index in [9.17, 15) is 10.1 Å². The van der Waals surface area contributed by atoms with Crippen LogP contribution in [0.25, 0.3) is 6.08 Å². The average molecular weight is 443 g/mol. The SMILES string of the molecule is COc1cc(/C=C(/C#N)C(=O)NC(C)C)cc(Br)c1OCc1ccc(C)cc1. The summed E-state index contributed by atoms with van der Waals surface area (Å²) in [5, 5.41) is 12.0. The van der Waals surface area contributed by atoms with Crippen LogP contribution < -0.4 is 14.8 Å². The third kappa shape index (κ3) is 5.86. The topological polar surface area (TPSA) is 71.3 Å². The van der Waals surface area contributed by atoms with Crippen molar-refractivity contribution in [3.8, 4) is 17.6 Å². The fraction of sp³-hybridized carbons (Fsp3) is 0.273. The predicted molar refractivity (Wildman–Crippen MR) is 113 cm³/mol. The van der Waals surface area contributed by atoms with Crippen LogP contribution in [-0.4, -0.2) is 19.1 Å². The average Bonchev–Trinajstić information content (AvgIpc) is 2.65. The van der Waals surface area contributed by atoms with Gasteiger partial charge in [0.25, 0.3) is 5.91 Å². The summed E-state index contributed by atoms with van der Waals surface area (Å²) in [6, 6.07) is 13.5. The molecule has 0 unspecified atom stereocenters. The number of carbonyl (C=O) groups excluding carboxylic acids is 1. The van der Waals surface area contributed by atoms with Crippen LogP contribution in [-0.2, 0) is 11.4 Å². The molecule has 146 valence electrons. The lowest BCUT2D eigenvalue weighted by atomic mass is 10.1. The first-order chi connectivity index (χ1) is 13.3. The summed E-state index contributed by atoms with van der Waals surface area (Å²) in [5.74, 6) is 0.659. The molecule has 1 amide bonds. The summed E-state index contributed by atoms with van der Waals surface area (Å²) in [7, 11) is 1.55. The number of halogens is 1. The molecule has 2 aromatic carbocycles. The molecule has 2 rings (SSSR count). The zero-order chi connectivity index (χ0) is 20.7. The number of nitrogens with zero attached hydrogens (tertiary/aromatic N) is 1. The van der Waals surface area contributed by atoms with Gasteiger partial charge < -0.3 is 14.8 Å². The third-order valence-electron chi connectivity index (χ3n) is 3.85. The van der Waals surface area contributed by atoms with Gasteiger partial charge in [0.15, 0.2) is 11.5 Å². The number of rotatable bonds is 7. The molecule has 5 nitrogen and oxygen atoms in total. The van der Waals surface area contributed by atoms with Gasteiger partial charge in [0.2, 0.25) is 0 Å². The Balaban J connectivity index is 2.27. The molecule has 1 N–H and O–H groups in total. The minimum atomic E-state index is -0.410. The Kier molecular flexibility index (Phi) is 7.65. The highest BCUT2D eigenvalue weighted by Crippen LogP contribution is 2.37. The minimum Gasteiger partial charge on any atom is -0.493 e. The van der Waals surface area contributed by atoms with Crippen LogP contribution in [0.3, 0.4) is 0 Å². The second-order valence-electron chi connectivity index (χ2n) is 6.61. The number of carbonyl (C=O) groups is 1. The van der Waals surface area contributed by atoms with Crippen molar-refractivity contribution >= 4 is 27.9 Å². The van der Waals surface area contributed by atoms with Gasteiger partial charge >= 0.3 is 0 Å². The van der Waals surface area contributed by atoms with E-state index in [1.165, 1.54) is 11.6 Å². The molecule has 0 aromatic heterocycles. The molecular weight excluding hydrogens is 420 g/mol. The molecule has 0 bridgehead atoms. The van der Waals surface area contributed by atoms with Gasteiger partial charge in [-0.05, 0) is 66.0 Å². The molecule has 0 heterocycles. The molecule has 0 aliphatic carbocycles. The van der Waals surface area contributed by atoms with E-state index in [4.69, 9.17) is 9.47 Å². The monoisotopic (exact) mass is 442 g/mol. The fourth-order valence-electron chi connectivity index (χ4n) is 2.46. The largest absolute Gasteiger partial charge is 0.493 e. The van der Waals surface area contributed by atoms with Crippen LogP contribution in [0.1, 0.15) is 30.5 Å². The molecule has 0 fully saturated rings. The lowest BCUT2D eigenvalue weighted by Crippen LogP contribution is -2.30. The molecule has 0 aliphatic rings. The van der Waals surface area contributed by atoms with Crippen LogP contribution in [0.4, 0.5) is 0 Å². The maximum absolute atomic E-state index is 12.1. The molecule has 0 atom stereocenters. The van der Waals surface area contributed by atoms with Crippen molar-refractivity contribution in [3.05, 3.63) is 63.1 Å². The van der Waals surface area contributed by atoms with Crippen LogP contribution in [0.15, 0.2) is 46.4 Å². The lowest BCUT2D eigenvalue weighted by molar-refractivity contribution is -0.117. The Hall–Kier alpha value is -2.78. The van der Waals surface area contributed by atoms with Crippen molar-refractivity contribution < 1.29 is 14.3 Å². The van der Waals surface area contributed by atoms with Crippen LogP contribution in [0.5, 0.6) is 11.5 Å². The minimum absolute atomic E-state index is 0.0241. The van der Waals surface area contributed by atoms with E-state index in [1.54, 1.807) is 19.2 Å². The van der Waals surface area contributed by atoms with Gasteiger partial charge in [-0.2, -0.15) is 5.26 Å². The molecule has 2 aromatic rings. The van der Waals surface area contributed by atoms with Crippen molar-refractivity contribution in [2.24, 2.45) is 0 Å². The highest BCUT2D eigenvalue weighted by molar-refractivity contribution is 9.10. The Morgan fingerprint density at radius 1 is 1.29 bits per heavy atom. The maximum atomic E-state index is 12.1. The van der Waals surface area contributed by atoms with Crippen molar-refractivity contribution in [1.29, 1.82) is 5.26 Å².